The van der Waals surface area contributed by atoms with Crippen molar-refractivity contribution in [3.8, 4) is 0 Å². The van der Waals surface area contributed by atoms with Crippen LogP contribution in [0, 0.1) is 0 Å². The van der Waals surface area contributed by atoms with E-state index in [1.165, 1.54) is 4.90 Å². The first-order chi connectivity index (χ1) is 10.6. The maximum absolute atomic E-state index is 12.5. The quantitative estimate of drug-likeness (QED) is 0.627. The fraction of sp³-hybridized carbons (Fsp3) is 0.688. The highest BCUT2D eigenvalue weighted by atomic mass is 16.6. The second-order valence-electron chi connectivity index (χ2n) is 6.48. The number of nitrogens with zero attached hydrogens (tertiary/aromatic N) is 1. The van der Waals surface area contributed by atoms with Gasteiger partial charge < -0.3 is 19.7 Å². The Labute approximate surface area is 137 Å². The van der Waals surface area contributed by atoms with Gasteiger partial charge in [0.05, 0.1) is 6.61 Å². The number of amides is 2. The monoisotopic (exact) mass is 326 g/mol. The second kappa shape index (κ2) is 7.99. The SMILES string of the molecule is CCOC(=O)CN1CC(C)=CC[C@H](NC(=O)OC(C)(C)C)C1=O. The lowest BCUT2D eigenvalue weighted by Crippen LogP contribution is -2.50. The summed E-state index contributed by atoms with van der Waals surface area (Å²) in [4.78, 5) is 37.5. The van der Waals surface area contributed by atoms with Crippen LogP contribution in [0.15, 0.2) is 11.6 Å². The largest absolute Gasteiger partial charge is 0.465 e. The molecule has 0 saturated carbocycles. The molecule has 0 bridgehead atoms. The Bertz CT molecular complexity index is 493. The number of nitrogens with one attached hydrogen (secondary N) is 1. The topological polar surface area (TPSA) is 84.9 Å². The zero-order chi connectivity index (χ0) is 17.6. The standard InChI is InChI=1S/C16H26N2O5/c1-6-22-13(19)10-18-9-11(2)7-8-12(14(18)20)17-15(21)23-16(3,4)5/h7,12H,6,8-10H2,1-5H3,(H,17,21)/t12-/m0/s1. The molecule has 0 aromatic heterocycles. The lowest BCUT2D eigenvalue weighted by molar-refractivity contribution is -0.149. The van der Waals surface area contributed by atoms with Crippen molar-refractivity contribution < 1.29 is 23.9 Å². The first-order valence-corrected chi connectivity index (χ1v) is 7.72. The summed E-state index contributed by atoms with van der Waals surface area (Å²) in [5, 5.41) is 2.57. The van der Waals surface area contributed by atoms with E-state index in [1.807, 2.05) is 13.0 Å². The molecule has 2 amide bonds. The summed E-state index contributed by atoms with van der Waals surface area (Å²) >= 11 is 0. The molecule has 1 rings (SSSR count). The van der Waals surface area contributed by atoms with Crippen molar-refractivity contribution in [2.75, 3.05) is 19.7 Å². The molecule has 1 aliphatic rings. The Morgan fingerprint density at radius 3 is 2.61 bits per heavy atom. The van der Waals surface area contributed by atoms with Gasteiger partial charge in [-0.1, -0.05) is 11.6 Å². The summed E-state index contributed by atoms with van der Waals surface area (Å²) in [6.45, 7) is 9.29. The van der Waals surface area contributed by atoms with Gasteiger partial charge in [-0.15, -0.1) is 0 Å². The summed E-state index contributed by atoms with van der Waals surface area (Å²) in [5.74, 6) is -0.788. The number of ether oxygens (including phenoxy) is 2. The first-order valence-electron chi connectivity index (χ1n) is 7.72. The van der Waals surface area contributed by atoms with E-state index in [0.717, 1.165) is 5.57 Å². The number of rotatable bonds is 4. The van der Waals surface area contributed by atoms with Crippen molar-refractivity contribution in [1.29, 1.82) is 0 Å². The molecule has 0 aromatic rings. The zero-order valence-electron chi connectivity index (χ0n) is 14.5. The fourth-order valence-electron chi connectivity index (χ4n) is 2.15. The normalized spacial score (nSPS) is 18.8. The Morgan fingerprint density at radius 2 is 2.04 bits per heavy atom. The van der Waals surface area contributed by atoms with Crippen LogP contribution in [-0.4, -0.2) is 54.2 Å². The number of esters is 1. The van der Waals surface area contributed by atoms with Gasteiger partial charge in [0.15, 0.2) is 0 Å². The van der Waals surface area contributed by atoms with E-state index >= 15 is 0 Å². The van der Waals surface area contributed by atoms with Crippen LogP contribution in [0.1, 0.15) is 41.0 Å². The average Bonchev–Trinajstić information content (AvgIpc) is 2.51. The van der Waals surface area contributed by atoms with Gasteiger partial charge in [-0.05, 0) is 41.0 Å². The van der Waals surface area contributed by atoms with Crippen molar-refractivity contribution in [3.05, 3.63) is 11.6 Å². The smallest absolute Gasteiger partial charge is 0.408 e. The number of alkyl carbamates (subject to hydrolysis) is 1. The molecule has 1 N–H and O–H groups in total. The van der Waals surface area contributed by atoms with Gasteiger partial charge in [-0.2, -0.15) is 0 Å². The maximum atomic E-state index is 12.5. The summed E-state index contributed by atoms with van der Waals surface area (Å²) < 4.78 is 10.1. The minimum atomic E-state index is -0.753. The molecule has 0 unspecified atom stereocenters. The number of carbonyl (C=O) groups is 3. The number of hydrogen-bond acceptors (Lipinski definition) is 5. The van der Waals surface area contributed by atoms with Crippen LogP contribution < -0.4 is 5.32 Å². The van der Waals surface area contributed by atoms with Crippen LogP contribution in [-0.2, 0) is 19.1 Å². The predicted molar refractivity (Wildman–Crippen MR) is 84.7 cm³/mol. The molecule has 1 atom stereocenters. The highest BCUT2D eigenvalue weighted by Crippen LogP contribution is 2.13. The van der Waals surface area contributed by atoms with Crippen LogP contribution in [0.2, 0.25) is 0 Å². The molecular formula is C16H26N2O5. The van der Waals surface area contributed by atoms with E-state index in [4.69, 9.17) is 9.47 Å². The van der Waals surface area contributed by atoms with Gasteiger partial charge in [0.2, 0.25) is 5.91 Å². The van der Waals surface area contributed by atoms with Crippen molar-refractivity contribution in [2.45, 2.75) is 52.7 Å². The molecule has 1 aliphatic heterocycles. The van der Waals surface area contributed by atoms with Gasteiger partial charge in [-0.25, -0.2) is 4.79 Å². The van der Waals surface area contributed by atoms with Crippen LogP contribution in [0.3, 0.4) is 0 Å². The van der Waals surface area contributed by atoms with Crippen molar-refractivity contribution in [3.63, 3.8) is 0 Å². The Morgan fingerprint density at radius 1 is 1.39 bits per heavy atom. The molecule has 130 valence electrons. The van der Waals surface area contributed by atoms with Gasteiger partial charge in [-0.3, -0.25) is 9.59 Å². The van der Waals surface area contributed by atoms with E-state index in [-0.39, 0.29) is 19.1 Å². The van der Waals surface area contributed by atoms with Gasteiger partial charge in [0.1, 0.15) is 18.2 Å². The molecule has 7 nitrogen and oxygen atoms in total. The highest BCUT2D eigenvalue weighted by molar-refractivity contribution is 5.89. The lowest BCUT2D eigenvalue weighted by atomic mass is 10.1. The Hall–Kier alpha value is -2.05. The molecule has 7 heteroatoms. The van der Waals surface area contributed by atoms with Crippen LogP contribution >= 0.6 is 0 Å². The molecule has 0 fully saturated rings. The van der Waals surface area contributed by atoms with Crippen LogP contribution in [0.25, 0.3) is 0 Å². The summed E-state index contributed by atoms with van der Waals surface area (Å²) in [6, 6.07) is -0.753. The maximum Gasteiger partial charge on any atom is 0.408 e. The molecule has 1 heterocycles. The minimum Gasteiger partial charge on any atom is -0.465 e. The van der Waals surface area contributed by atoms with E-state index < -0.39 is 23.7 Å². The summed E-state index contributed by atoms with van der Waals surface area (Å²) in [6.07, 6.45) is 1.59. The lowest BCUT2D eigenvalue weighted by Gasteiger charge is -2.26. The average molecular weight is 326 g/mol. The van der Waals surface area contributed by atoms with Gasteiger partial charge in [0.25, 0.3) is 0 Å². The summed E-state index contributed by atoms with van der Waals surface area (Å²) in [5.41, 5.74) is 0.310. The summed E-state index contributed by atoms with van der Waals surface area (Å²) in [7, 11) is 0. The Balaban J connectivity index is 2.77. The van der Waals surface area contributed by atoms with Crippen LogP contribution in [0.4, 0.5) is 4.79 Å². The molecule has 0 radical (unpaired) electrons. The van der Waals surface area contributed by atoms with E-state index in [1.54, 1.807) is 27.7 Å². The van der Waals surface area contributed by atoms with E-state index in [9.17, 15) is 14.4 Å². The van der Waals surface area contributed by atoms with Gasteiger partial charge in [0, 0.05) is 6.54 Å². The molecule has 0 aliphatic carbocycles. The third-order valence-electron chi connectivity index (χ3n) is 3.07. The first kappa shape index (κ1) is 19.0. The third-order valence-corrected chi connectivity index (χ3v) is 3.07. The second-order valence-corrected chi connectivity index (χ2v) is 6.48. The molecular weight excluding hydrogens is 300 g/mol. The number of carbonyl (C=O) groups excluding carboxylic acids is 3. The van der Waals surface area contributed by atoms with E-state index in [0.29, 0.717) is 13.0 Å². The minimum absolute atomic E-state index is 0.135. The highest BCUT2D eigenvalue weighted by Gasteiger charge is 2.30. The predicted octanol–water partition coefficient (Wildman–Crippen LogP) is 1.62. The number of hydrogen-bond donors (Lipinski definition) is 1. The van der Waals surface area contributed by atoms with Crippen molar-refractivity contribution >= 4 is 18.0 Å². The fourth-order valence-corrected chi connectivity index (χ4v) is 2.15. The van der Waals surface area contributed by atoms with Gasteiger partial charge >= 0.3 is 12.1 Å². The molecule has 0 aromatic carbocycles. The van der Waals surface area contributed by atoms with E-state index in [2.05, 4.69) is 5.32 Å². The van der Waals surface area contributed by atoms with Crippen molar-refractivity contribution in [1.82, 2.24) is 10.2 Å². The molecule has 0 saturated heterocycles. The molecule has 0 spiro atoms. The van der Waals surface area contributed by atoms with Crippen LogP contribution in [0.5, 0.6) is 0 Å². The third kappa shape index (κ3) is 6.71. The zero-order valence-corrected chi connectivity index (χ0v) is 14.5. The molecule has 23 heavy (non-hydrogen) atoms. The van der Waals surface area contributed by atoms with Crippen molar-refractivity contribution in [2.24, 2.45) is 0 Å². The Kier molecular flexibility index (Phi) is 6.60.